The van der Waals surface area contributed by atoms with Crippen LogP contribution in [0.5, 0.6) is 5.75 Å². The van der Waals surface area contributed by atoms with Crippen molar-refractivity contribution in [2.75, 3.05) is 7.11 Å². The highest BCUT2D eigenvalue weighted by Crippen LogP contribution is 2.11. The Labute approximate surface area is 117 Å². The van der Waals surface area contributed by atoms with Gasteiger partial charge in [-0.25, -0.2) is 0 Å². The molecular weight excluding hydrogens is 254 g/mol. The number of rotatable bonds is 5. The van der Waals surface area contributed by atoms with Gasteiger partial charge in [0.05, 0.1) is 12.7 Å². The summed E-state index contributed by atoms with van der Waals surface area (Å²) in [6.07, 6.45) is 3.46. The van der Waals surface area contributed by atoms with E-state index in [1.807, 2.05) is 0 Å². The van der Waals surface area contributed by atoms with Gasteiger partial charge in [0, 0.05) is 11.6 Å². The number of nitrogens with zero attached hydrogens (tertiary/aromatic N) is 1. The van der Waals surface area contributed by atoms with Crippen LogP contribution in [-0.4, -0.2) is 18.7 Å². The van der Waals surface area contributed by atoms with E-state index >= 15 is 0 Å². The van der Waals surface area contributed by atoms with E-state index in [-0.39, 0.29) is 18.1 Å². The Morgan fingerprint density at radius 1 is 1.10 bits per heavy atom. The smallest absolute Gasteiger partial charge is 0.227 e. The van der Waals surface area contributed by atoms with Crippen molar-refractivity contribution in [2.24, 2.45) is 0 Å². The van der Waals surface area contributed by atoms with E-state index in [1.165, 1.54) is 6.92 Å². The van der Waals surface area contributed by atoms with Gasteiger partial charge in [-0.2, -0.15) is 4.57 Å². The van der Waals surface area contributed by atoms with Crippen LogP contribution in [0.2, 0.25) is 0 Å². The molecule has 1 heterocycles. The number of Topliss-reactive ketones (excluding diaryl/α,β-unsaturated/α-hetero) is 2. The topological polar surface area (TPSA) is 47.2 Å². The molecule has 4 nitrogen and oxygen atoms in total. The molecule has 1 aromatic carbocycles. The van der Waals surface area contributed by atoms with Crippen LogP contribution in [0.4, 0.5) is 0 Å². The zero-order chi connectivity index (χ0) is 14.5. The van der Waals surface area contributed by atoms with Crippen molar-refractivity contribution in [1.29, 1.82) is 0 Å². The Kier molecular flexibility index (Phi) is 4.25. The molecule has 20 heavy (non-hydrogen) atoms. The molecule has 0 aliphatic rings. The standard InChI is InChI=1S/C16H16NO3/c1-12(18)14-4-3-9-17(10-14)11-16(19)13-5-7-15(20-2)8-6-13/h3-10H,11H2,1-2H3/q+1. The minimum absolute atomic E-state index is 0.0154. The minimum Gasteiger partial charge on any atom is -0.497 e. The van der Waals surface area contributed by atoms with E-state index in [0.29, 0.717) is 16.9 Å². The molecule has 0 atom stereocenters. The van der Waals surface area contributed by atoms with Gasteiger partial charge in [-0.1, -0.05) is 0 Å². The molecule has 0 amide bonds. The molecule has 0 fully saturated rings. The summed E-state index contributed by atoms with van der Waals surface area (Å²) in [5, 5.41) is 0. The molecule has 1 aromatic heterocycles. The minimum atomic E-state index is -0.0174. The fourth-order valence-electron chi connectivity index (χ4n) is 1.86. The Morgan fingerprint density at radius 3 is 2.40 bits per heavy atom. The average Bonchev–Trinajstić information content (AvgIpc) is 2.47. The first-order valence-electron chi connectivity index (χ1n) is 6.27. The predicted molar refractivity (Wildman–Crippen MR) is 74.0 cm³/mol. The third kappa shape index (κ3) is 3.29. The maximum atomic E-state index is 12.1. The van der Waals surface area contributed by atoms with Crippen LogP contribution in [0.25, 0.3) is 0 Å². The van der Waals surface area contributed by atoms with Crippen LogP contribution in [-0.2, 0) is 6.54 Å². The van der Waals surface area contributed by atoms with Gasteiger partial charge >= 0.3 is 0 Å². The summed E-state index contributed by atoms with van der Waals surface area (Å²) in [5.41, 5.74) is 1.21. The molecule has 4 heteroatoms. The summed E-state index contributed by atoms with van der Waals surface area (Å²) in [5.74, 6) is 0.683. The lowest BCUT2D eigenvalue weighted by molar-refractivity contribution is -0.683. The molecular formula is C16H16NO3+. The first kappa shape index (κ1) is 13.9. The van der Waals surface area contributed by atoms with Crippen molar-refractivity contribution < 1.29 is 18.9 Å². The molecule has 2 aromatic rings. The van der Waals surface area contributed by atoms with Crippen molar-refractivity contribution >= 4 is 11.6 Å². The average molecular weight is 270 g/mol. The molecule has 0 aliphatic heterocycles. The van der Waals surface area contributed by atoms with E-state index in [2.05, 4.69) is 0 Å². The molecule has 0 saturated heterocycles. The van der Waals surface area contributed by atoms with Crippen LogP contribution in [0.3, 0.4) is 0 Å². The fourth-order valence-corrected chi connectivity index (χ4v) is 1.86. The van der Waals surface area contributed by atoms with Gasteiger partial charge in [0.15, 0.2) is 18.2 Å². The van der Waals surface area contributed by atoms with Gasteiger partial charge in [0.2, 0.25) is 12.3 Å². The Hall–Kier alpha value is -2.49. The molecule has 0 unspecified atom stereocenters. The van der Waals surface area contributed by atoms with Gasteiger partial charge in [-0.15, -0.1) is 0 Å². The predicted octanol–water partition coefficient (Wildman–Crippen LogP) is 2.07. The second kappa shape index (κ2) is 6.10. The normalized spacial score (nSPS) is 10.1. The monoisotopic (exact) mass is 270 g/mol. The maximum absolute atomic E-state index is 12.1. The lowest BCUT2D eigenvalue weighted by Gasteiger charge is -2.01. The number of ether oxygens (including phenoxy) is 1. The molecule has 0 spiro atoms. The Morgan fingerprint density at radius 2 is 1.80 bits per heavy atom. The van der Waals surface area contributed by atoms with Crippen LogP contribution in [0, 0.1) is 0 Å². The van der Waals surface area contributed by atoms with Crippen LogP contribution in [0.15, 0.2) is 48.8 Å². The molecule has 0 bridgehead atoms. The zero-order valence-electron chi connectivity index (χ0n) is 11.5. The molecule has 0 N–H and O–H groups in total. The number of carbonyl (C=O) groups is 2. The number of pyridine rings is 1. The summed E-state index contributed by atoms with van der Waals surface area (Å²) in [7, 11) is 1.58. The molecule has 0 saturated carbocycles. The van der Waals surface area contributed by atoms with E-state index in [4.69, 9.17) is 4.74 Å². The fraction of sp³-hybridized carbons (Fsp3) is 0.188. The van der Waals surface area contributed by atoms with Crippen molar-refractivity contribution in [3.63, 3.8) is 0 Å². The number of benzene rings is 1. The number of ketones is 2. The van der Waals surface area contributed by atoms with Gasteiger partial charge in [-0.05, 0) is 37.3 Å². The zero-order valence-corrected chi connectivity index (χ0v) is 11.5. The summed E-state index contributed by atoms with van der Waals surface area (Å²) >= 11 is 0. The van der Waals surface area contributed by atoms with Crippen LogP contribution < -0.4 is 9.30 Å². The number of hydrogen-bond donors (Lipinski definition) is 0. The van der Waals surface area contributed by atoms with E-state index in [0.717, 1.165) is 0 Å². The van der Waals surface area contributed by atoms with Crippen LogP contribution >= 0.6 is 0 Å². The molecule has 0 aliphatic carbocycles. The summed E-state index contributed by atoms with van der Waals surface area (Å²) in [6.45, 7) is 1.71. The lowest BCUT2D eigenvalue weighted by atomic mass is 10.1. The van der Waals surface area contributed by atoms with Crippen LogP contribution in [0.1, 0.15) is 27.6 Å². The molecule has 0 radical (unpaired) electrons. The Balaban J connectivity index is 2.14. The first-order valence-corrected chi connectivity index (χ1v) is 6.27. The second-order valence-electron chi connectivity index (χ2n) is 4.47. The number of aromatic nitrogens is 1. The van der Waals surface area contributed by atoms with Crippen molar-refractivity contribution in [1.82, 2.24) is 0 Å². The summed E-state index contributed by atoms with van der Waals surface area (Å²) in [6, 6.07) is 10.5. The Bertz CT molecular complexity index is 632. The van der Waals surface area contributed by atoms with Gasteiger partial charge < -0.3 is 4.74 Å². The number of methoxy groups -OCH3 is 1. The van der Waals surface area contributed by atoms with E-state index < -0.39 is 0 Å². The van der Waals surface area contributed by atoms with Crippen molar-refractivity contribution in [3.8, 4) is 5.75 Å². The number of carbonyl (C=O) groups excluding carboxylic acids is 2. The van der Waals surface area contributed by atoms with E-state index in [9.17, 15) is 9.59 Å². The lowest BCUT2D eigenvalue weighted by Crippen LogP contribution is -2.37. The highest BCUT2D eigenvalue weighted by atomic mass is 16.5. The highest BCUT2D eigenvalue weighted by Gasteiger charge is 2.13. The third-order valence-corrected chi connectivity index (χ3v) is 3.00. The van der Waals surface area contributed by atoms with Crippen molar-refractivity contribution in [3.05, 3.63) is 59.9 Å². The second-order valence-corrected chi connectivity index (χ2v) is 4.47. The van der Waals surface area contributed by atoms with E-state index in [1.54, 1.807) is 60.5 Å². The SMILES string of the molecule is COc1ccc(C(=O)C[n+]2cccc(C(C)=O)c2)cc1. The first-order chi connectivity index (χ1) is 9.60. The maximum Gasteiger partial charge on any atom is 0.227 e. The molecule has 2 rings (SSSR count). The quantitative estimate of drug-likeness (QED) is 0.617. The van der Waals surface area contributed by atoms with Gasteiger partial charge in [-0.3, -0.25) is 9.59 Å². The number of hydrogen-bond acceptors (Lipinski definition) is 3. The molecule has 102 valence electrons. The third-order valence-electron chi connectivity index (χ3n) is 3.00. The summed E-state index contributed by atoms with van der Waals surface area (Å²) < 4.78 is 6.77. The van der Waals surface area contributed by atoms with Gasteiger partial charge in [0.1, 0.15) is 5.75 Å². The summed E-state index contributed by atoms with van der Waals surface area (Å²) in [4.78, 5) is 23.5. The van der Waals surface area contributed by atoms with Crippen molar-refractivity contribution in [2.45, 2.75) is 13.5 Å². The van der Waals surface area contributed by atoms with Gasteiger partial charge in [0.25, 0.3) is 0 Å². The highest BCUT2D eigenvalue weighted by molar-refractivity contribution is 5.95. The largest absolute Gasteiger partial charge is 0.497 e.